The van der Waals surface area contributed by atoms with Gasteiger partial charge in [0.25, 0.3) is 0 Å². The van der Waals surface area contributed by atoms with Gasteiger partial charge in [0.2, 0.25) is 0 Å². The van der Waals surface area contributed by atoms with Gasteiger partial charge in [0.15, 0.2) is 5.82 Å². The Hall–Kier alpha value is -1.36. The van der Waals surface area contributed by atoms with Crippen LogP contribution in [0, 0.1) is 0 Å². The molecule has 0 radical (unpaired) electrons. The molecule has 0 bridgehead atoms. The summed E-state index contributed by atoms with van der Waals surface area (Å²) in [5, 5.41) is 3.28. The highest BCUT2D eigenvalue weighted by Crippen LogP contribution is 2.17. The highest BCUT2D eigenvalue weighted by Gasteiger charge is 2.13. The quantitative estimate of drug-likeness (QED) is 0.606. The number of nitrogens with zero attached hydrogens (tertiary/aromatic N) is 3. The zero-order valence-corrected chi connectivity index (χ0v) is 7.40. The van der Waals surface area contributed by atoms with Crippen LogP contribution in [0.4, 0.5) is 11.5 Å². The van der Waals surface area contributed by atoms with Crippen molar-refractivity contribution in [2.45, 2.75) is 0 Å². The molecule has 3 N–H and O–H groups in total. The molecule has 1 aliphatic heterocycles. The van der Waals surface area contributed by atoms with Crippen molar-refractivity contribution in [1.82, 2.24) is 15.3 Å². The van der Waals surface area contributed by atoms with Crippen molar-refractivity contribution >= 4 is 11.5 Å². The average molecular weight is 179 g/mol. The van der Waals surface area contributed by atoms with E-state index in [0.717, 1.165) is 32.0 Å². The molecule has 70 valence electrons. The fraction of sp³-hybridized carbons (Fsp3) is 0.500. The monoisotopic (exact) mass is 179 g/mol. The minimum atomic E-state index is 0.657. The van der Waals surface area contributed by atoms with E-state index in [-0.39, 0.29) is 0 Å². The molecule has 2 rings (SSSR count). The number of anilines is 2. The van der Waals surface area contributed by atoms with Gasteiger partial charge in [-0.1, -0.05) is 0 Å². The molecule has 1 aromatic heterocycles. The molecule has 0 aliphatic carbocycles. The minimum Gasteiger partial charge on any atom is -0.394 e. The number of aromatic nitrogens is 2. The number of nitrogen functional groups attached to an aromatic ring is 1. The largest absolute Gasteiger partial charge is 0.394 e. The Morgan fingerprint density at radius 3 is 2.85 bits per heavy atom. The molecule has 0 unspecified atom stereocenters. The Morgan fingerprint density at radius 1 is 1.38 bits per heavy atom. The van der Waals surface area contributed by atoms with E-state index in [0.29, 0.717) is 5.69 Å². The van der Waals surface area contributed by atoms with Gasteiger partial charge in [0.05, 0.1) is 11.9 Å². The minimum absolute atomic E-state index is 0.657. The van der Waals surface area contributed by atoms with Crippen molar-refractivity contribution in [2.75, 3.05) is 36.8 Å². The van der Waals surface area contributed by atoms with Crippen LogP contribution in [0.1, 0.15) is 0 Å². The maximum atomic E-state index is 5.76. The van der Waals surface area contributed by atoms with E-state index < -0.39 is 0 Å². The third-order valence-corrected chi connectivity index (χ3v) is 2.14. The Bertz CT molecular complexity index is 282. The molecule has 5 nitrogen and oxygen atoms in total. The molecule has 2 heterocycles. The van der Waals surface area contributed by atoms with Crippen molar-refractivity contribution in [3.05, 3.63) is 12.5 Å². The van der Waals surface area contributed by atoms with E-state index in [1.54, 1.807) is 6.20 Å². The van der Waals surface area contributed by atoms with E-state index in [4.69, 9.17) is 5.73 Å². The molecular weight excluding hydrogens is 166 g/mol. The fourth-order valence-corrected chi connectivity index (χ4v) is 1.47. The number of nitrogens with one attached hydrogen (secondary N) is 1. The van der Waals surface area contributed by atoms with Gasteiger partial charge >= 0.3 is 0 Å². The molecule has 1 aromatic rings. The first kappa shape index (κ1) is 8.25. The molecule has 1 saturated heterocycles. The summed E-state index contributed by atoms with van der Waals surface area (Å²) >= 11 is 0. The highest BCUT2D eigenvalue weighted by molar-refractivity contribution is 5.61. The summed E-state index contributed by atoms with van der Waals surface area (Å²) in [7, 11) is 0. The van der Waals surface area contributed by atoms with E-state index in [2.05, 4.69) is 20.2 Å². The summed E-state index contributed by atoms with van der Waals surface area (Å²) in [6.07, 6.45) is 3.18. The summed E-state index contributed by atoms with van der Waals surface area (Å²) in [6, 6.07) is 0. The SMILES string of the molecule is Nc1cncnc1N1CCNCC1. The summed E-state index contributed by atoms with van der Waals surface area (Å²) < 4.78 is 0. The highest BCUT2D eigenvalue weighted by atomic mass is 15.2. The summed E-state index contributed by atoms with van der Waals surface area (Å²) in [6.45, 7) is 3.90. The zero-order valence-electron chi connectivity index (χ0n) is 7.40. The van der Waals surface area contributed by atoms with Crippen LogP contribution in [-0.4, -0.2) is 36.1 Å². The van der Waals surface area contributed by atoms with Crippen LogP contribution in [0.3, 0.4) is 0 Å². The standard InChI is InChI=1S/C8H13N5/c9-7-5-11-6-12-8(7)13-3-1-10-2-4-13/h5-6,10H,1-4,9H2. The van der Waals surface area contributed by atoms with Gasteiger partial charge in [-0.25, -0.2) is 9.97 Å². The predicted molar refractivity (Wildman–Crippen MR) is 51.5 cm³/mol. The number of nitrogens with two attached hydrogens (primary N) is 1. The summed E-state index contributed by atoms with van der Waals surface area (Å²) in [5.41, 5.74) is 6.42. The maximum Gasteiger partial charge on any atom is 0.155 e. The molecule has 0 aromatic carbocycles. The van der Waals surface area contributed by atoms with Gasteiger partial charge in [-0.15, -0.1) is 0 Å². The van der Waals surface area contributed by atoms with Gasteiger partial charge in [0.1, 0.15) is 6.33 Å². The first-order valence-corrected chi connectivity index (χ1v) is 4.39. The Balaban J connectivity index is 2.18. The van der Waals surface area contributed by atoms with Crippen molar-refractivity contribution in [3.8, 4) is 0 Å². The molecule has 1 aliphatic rings. The number of hydrogen-bond acceptors (Lipinski definition) is 5. The van der Waals surface area contributed by atoms with Crippen LogP contribution in [0.25, 0.3) is 0 Å². The van der Waals surface area contributed by atoms with Crippen LogP contribution in [0.15, 0.2) is 12.5 Å². The molecule has 0 spiro atoms. The van der Waals surface area contributed by atoms with Crippen LogP contribution in [0.2, 0.25) is 0 Å². The number of hydrogen-bond donors (Lipinski definition) is 2. The lowest BCUT2D eigenvalue weighted by Gasteiger charge is -2.28. The van der Waals surface area contributed by atoms with Gasteiger partial charge in [-0.3, -0.25) is 0 Å². The molecule has 0 saturated carbocycles. The first-order chi connectivity index (χ1) is 6.38. The fourth-order valence-electron chi connectivity index (χ4n) is 1.47. The Labute approximate surface area is 77.0 Å². The van der Waals surface area contributed by atoms with Crippen LogP contribution in [-0.2, 0) is 0 Å². The second-order valence-electron chi connectivity index (χ2n) is 3.04. The van der Waals surface area contributed by atoms with Gasteiger partial charge in [0, 0.05) is 26.2 Å². The van der Waals surface area contributed by atoms with E-state index >= 15 is 0 Å². The number of rotatable bonds is 1. The third kappa shape index (κ3) is 1.70. The second kappa shape index (κ2) is 3.57. The Kier molecular flexibility index (Phi) is 2.27. The topological polar surface area (TPSA) is 67.1 Å². The lowest BCUT2D eigenvalue weighted by Crippen LogP contribution is -2.44. The average Bonchev–Trinajstić information content (AvgIpc) is 2.20. The molecule has 13 heavy (non-hydrogen) atoms. The molecular formula is C8H13N5. The van der Waals surface area contributed by atoms with Gasteiger partial charge < -0.3 is 16.0 Å². The van der Waals surface area contributed by atoms with Crippen molar-refractivity contribution < 1.29 is 0 Å². The van der Waals surface area contributed by atoms with Gasteiger partial charge in [-0.2, -0.15) is 0 Å². The smallest absolute Gasteiger partial charge is 0.155 e. The van der Waals surface area contributed by atoms with E-state index in [1.807, 2.05) is 0 Å². The van der Waals surface area contributed by atoms with Crippen molar-refractivity contribution in [3.63, 3.8) is 0 Å². The van der Waals surface area contributed by atoms with E-state index in [9.17, 15) is 0 Å². The van der Waals surface area contributed by atoms with Crippen LogP contribution < -0.4 is 16.0 Å². The third-order valence-electron chi connectivity index (χ3n) is 2.14. The van der Waals surface area contributed by atoms with Crippen LogP contribution >= 0.6 is 0 Å². The first-order valence-electron chi connectivity index (χ1n) is 4.39. The zero-order chi connectivity index (χ0) is 9.10. The molecule has 0 amide bonds. The Morgan fingerprint density at radius 2 is 2.15 bits per heavy atom. The maximum absolute atomic E-state index is 5.76. The molecule has 0 atom stereocenters. The number of piperazine rings is 1. The molecule has 5 heteroatoms. The summed E-state index contributed by atoms with van der Waals surface area (Å²) in [4.78, 5) is 10.2. The predicted octanol–water partition coefficient (Wildman–Crippen LogP) is -0.532. The van der Waals surface area contributed by atoms with Crippen molar-refractivity contribution in [2.24, 2.45) is 0 Å². The van der Waals surface area contributed by atoms with Crippen LogP contribution in [0.5, 0.6) is 0 Å². The summed E-state index contributed by atoms with van der Waals surface area (Å²) in [5.74, 6) is 0.858. The normalized spacial score (nSPS) is 17.4. The van der Waals surface area contributed by atoms with E-state index in [1.165, 1.54) is 6.33 Å². The van der Waals surface area contributed by atoms with Crippen molar-refractivity contribution in [1.29, 1.82) is 0 Å². The lowest BCUT2D eigenvalue weighted by molar-refractivity contribution is 0.585. The lowest BCUT2D eigenvalue weighted by atomic mass is 10.3. The second-order valence-corrected chi connectivity index (χ2v) is 3.04. The molecule has 1 fully saturated rings. The van der Waals surface area contributed by atoms with Gasteiger partial charge in [-0.05, 0) is 0 Å².